The van der Waals surface area contributed by atoms with E-state index in [0.29, 0.717) is 29.9 Å². The van der Waals surface area contributed by atoms with E-state index in [1.54, 1.807) is 26.0 Å². The average molecular weight is 531 g/mol. The van der Waals surface area contributed by atoms with Crippen LogP contribution in [0.1, 0.15) is 55.0 Å². The molecule has 1 fully saturated rings. The van der Waals surface area contributed by atoms with Gasteiger partial charge in [0.15, 0.2) is 0 Å². The Hall–Kier alpha value is -3.08. The molecule has 0 spiro atoms. The molecule has 2 aromatic carbocycles. The number of ether oxygens (including phenoxy) is 2. The third-order valence-corrected chi connectivity index (χ3v) is 6.59. The number of esters is 1. The molecule has 1 saturated heterocycles. The first-order valence-electron chi connectivity index (χ1n) is 11.4. The molecular formula is C26H24F7NO3. The number of carbonyl (C=O) groups excluding carboxylic acids is 1. The van der Waals surface area contributed by atoms with Crippen molar-refractivity contribution in [2.75, 3.05) is 13.1 Å². The fourth-order valence-corrected chi connectivity index (χ4v) is 4.78. The number of benzene rings is 2. The Morgan fingerprint density at radius 2 is 1.54 bits per heavy atom. The molecule has 0 aromatic heterocycles. The van der Waals surface area contributed by atoms with Gasteiger partial charge in [0.2, 0.25) is 0 Å². The first kappa shape index (κ1) is 27.0. The van der Waals surface area contributed by atoms with Gasteiger partial charge in [0, 0.05) is 25.1 Å². The monoisotopic (exact) mass is 531 g/mol. The van der Waals surface area contributed by atoms with Gasteiger partial charge in [-0.1, -0.05) is 12.1 Å². The molecule has 11 heteroatoms. The number of alkyl halides is 6. The zero-order chi connectivity index (χ0) is 27.3. The Bertz CT molecular complexity index is 1170. The van der Waals surface area contributed by atoms with E-state index in [0.717, 1.165) is 0 Å². The van der Waals surface area contributed by atoms with Gasteiger partial charge < -0.3 is 14.4 Å². The van der Waals surface area contributed by atoms with Crippen LogP contribution in [0.15, 0.2) is 54.2 Å². The van der Waals surface area contributed by atoms with E-state index in [2.05, 4.69) is 0 Å². The standard InChI is InChI=1S/C26H24F7NO3/c1-14(16-8-17(25(28,29)30)10-18(9-16)26(31,32)33)36-21-13-34(22-11-23(35)37-24(22,2)3)12-20(21)15-4-6-19(27)7-5-15/h4-11,14,20-21H,12-13H2,1-3H3. The Balaban J connectivity index is 1.67. The predicted octanol–water partition coefficient (Wildman–Crippen LogP) is 6.63. The van der Waals surface area contributed by atoms with Crippen LogP contribution in [0.4, 0.5) is 30.7 Å². The number of nitrogens with zero attached hydrogens (tertiary/aromatic N) is 1. The number of rotatable bonds is 5. The molecule has 0 bridgehead atoms. The zero-order valence-electron chi connectivity index (χ0n) is 20.1. The average Bonchev–Trinajstić information content (AvgIpc) is 3.31. The minimum absolute atomic E-state index is 0.0699. The van der Waals surface area contributed by atoms with Crippen LogP contribution in [0.3, 0.4) is 0 Å². The molecule has 2 aliphatic rings. The van der Waals surface area contributed by atoms with Gasteiger partial charge in [-0.05, 0) is 62.2 Å². The van der Waals surface area contributed by atoms with Crippen molar-refractivity contribution in [2.24, 2.45) is 0 Å². The van der Waals surface area contributed by atoms with Crippen molar-refractivity contribution in [3.05, 3.63) is 82.3 Å². The van der Waals surface area contributed by atoms with Crippen LogP contribution in [-0.2, 0) is 26.6 Å². The topological polar surface area (TPSA) is 38.8 Å². The van der Waals surface area contributed by atoms with Gasteiger partial charge >= 0.3 is 18.3 Å². The second-order valence-corrected chi connectivity index (χ2v) is 9.68. The van der Waals surface area contributed by atoms with E-state index in [1.165, 1.54) is 25.1 Å². The van der Waals surface area contributed by atoms with Crippen molar-refractivity contribution in [3.8, 4) is 0 Å². The molecule has 4 rings (SSSR count). The lowest BCUT2D eigenvalue weighted by Crippen LogP contribution is -2.34. The maximum absolute atomic E-state index is 13.5. The summed E-state index contributed by atoms with van der Waals surface area (Å²) in [4.78, 5) is 13.7. The van der Waals surface area contributed by atoms with Crippen molar-refractivity contribution in [2.45, 2.75) is 56.9 Å². The summed E-state index contributed by atoms with van der Waals surface area (Å²) in [6.45, 7) is 5.28. The summed E-state index contributed by atoms with van der Waals surface area (Å²) in [7, 11) is 0. The van der Waals surface area contributed by atoms with Gasteiger partial charge in [-0.3, -0.25) is 0 Å². The second-order valence-electron chi connectivity index (χ2n) is 9.68. The SMILES string of the molecule is CC(OC1CN(C2=CC(=O)OC2(C)C)CC1c1ccc(F)cc1)c1cc(C(F)(F)F)cc(C(F)(F)F)c1. The third kappa shape index (κ3) is 5.76. The summed E-state index contributed by atoms with van der Waals surface area (Å²) in [6, 6.07) is 6.97. The molecule has 0 aliphatic carbocycles. The summed E-state index contributed by atoms with van der Waals surface area (Å²) in [5.74, 6) is -1.41. The number of likely N-dealkylation sites (tertiary alicyclic amines) is 1. The fourth-order valence-electron chi connectivity index (χ4n) is 4.78. The molecule has 200 valence electrons. The molecule has 3 unspecified atom stereocenters. The summed E-state index contributed by atoms with van der Waals surface area (Å²) in [5, 5.41) is 0. The first-order valence-corrected chi connectivity index (χ1v) is 11.4. The highest BCUT2D eigenvalue weighted by molar-refractivity contribution is 5.86. The van der Waals surface area contributed by atoms with Crippen LogP contribution >= 0.6 is 0 Å². The number of carbonyl (C=O) groups is 1. The second kappa shape index (κ2) is 9.34. The van der Waals surface area contributed by atoms with Gasteiger partial charge in [-0.2, -0.15) is 26.3 Å². The van der Waals surface area contributed by atoms with Crippen molar-refractivity contribution < 1.29 is 45.0 Å². The van der Waals surface area contributed by atoms with Crippen LogP contribution in [0.2, 0.25) is 0 Å². The van der Waals surface area contributed by atoms with Crippen LogP contribution in [0.25, 0.3) is 0 Å². The largest absolute Gasteiger partial charge is 0.450 e. The van der Waals surface area contributed by atoms with Gasteiger partial charge in [-0.15, -0.1) is 0 Å². The van der Waals surface area contributed by atoms with Crippen LogP contribution in [0.5, 0.6) is 0 Å². The lowest BCUT2D eigenvalue weighted by molar-refractivity contribution is -0.145. The van der Waals surface area contributed by atoms with Gasteiger partial charge in [-0.25, -0.2) is 9.18 Å². The molecular weight excluding hydrogens is 507 g/mol. The molecule has 2 aliphatic heterocycles. The molecule has 2 heterocycles. The van der Waals surface area contributed by atoms with E-state index in [9.17, 15) is 35.5 Å². The summed E-state index contributed by atoms with van der Waals surface area (Å²) in [6.07, 6.45) is -10.5. The molecule has 2 aromatic rings. The number of hydrogen-bond acceptors (Lipinski definition) is 4. The van der Waals surface area contributed by atoms with E-state index < -0.39 is 59.0 Å². The molecule has 0 N–H and O–H groups in total. The van der Waals surface area contributed by atoms with Crippen molar-refractivity contribution >= 4 is 5.97 Å². The van der Waals surface area contributed by atoms with E-state index in [1.807, 2.05) is 4.90 Å². The molecule has 37 heavy (non-hydrogen) atoms. The number of cyclic esters (lactones) is 1. The van der Waals surface area contributed by atoms with Crippen LogP contribution in [-0.4, -0.2) is 35.7 Å². The lowest BCUT2D eigenvalue weighted by atomic mass is 9.95. The van der Waals surface area contributed by atoms with Crippen molar-refractivity contribution in [1.82, 2.24) is 4.90 Å². The predicted molar refractivity (Wildman–Crippen MR) is 119 cm³/mol. The summed E-state index contributed by atoms with van der Waals surface area (Å²) < 4.78 is 105. The molecule has 0 amide bonds. The fraction of sp³-hybridized carbons (Fsp3) is 0.423. The third-order valence-electron chi connectivity index (χ3n) is 6.59. The molecule has 0 saturated carbocycles. The number of halogens is 7. The minimum Gasteiger partial charge on any atom is -0.450 e. The normalized spacial score (nSPS) is 22.7. The maximum atomic E-state index is 13.5. The van der Waals surface area contributed by atoms with Crippen molar-refractivity contribution in [3.63, 3.8) is 0 Å². The Labute approximate surface area is 208 Å². The van der Waals surface area contributed by atoms with Gasteiger partial charge in [0.1, 0.15) is 11.4 Å². The summed E-state index contributed by atoms with van der Waals surface area (Å²) >= 11 is 0. The van der Waals surface area contributed by atoms with Gasteiger partial charge in [0.25, 0.3) is 0 Å². The summed E-state index contributed by atoms with van der Waals surface area (Å²) in [5.41, 5.74) is -2.83. The van der Waals surface area contributed by atoms with Crippen LogP contribution < -0.4 is 0 Å². The zero-order valence-corrected chi connectivity index (χ0v) is 20.1. The molecule has 3 atom stereocenters. The highest BCUT2D eigenvalue weighted by Gasteiger charge is 2.44. The Morgan fingerprint density at radius 3 is 2.03 bits per heavy atom. The highest BCUT2D eigenvalue weighted by Crippen LogP contribution is 2.41. The minimum atomic E-state index is -4.98. The van der Waals surface area contributed by atoms with Gasteiger partial charge in [0.05, 0.1) is 29.0 Å². The molecule has 4 nitrogen and oxygen atoms in total. The Morgan fingerprint density at radius 1 is 0.973 bits per heavy atom. The Kier molecular flexibility index (Phi) is 6.81. The van der Waals surface area contributed by atoms with Crippen LogP contribution in [0, 0.1) is 5.82 Å². The molecule has 0 radical (unpaired) electrons. The number of hydrogen-bond donors (Lipinski definition) is 0. The lowest BCUT2D eigenvalue weighted by Gasteiger charge is -2.29. The maximum Gasteiger partial charge on any atom is 0.416 e. The smallest absolute Gasteiger partial charge is 0.416 e. The quantitative estimate of drug-likeness (QED) is 0.321. The first-order chi connectivity index (χ1) is 17.0. The van der Waals surface area contributed by atoms with E-state index in [-0.39, 0.29) is 18.2 Å². The van der Waals surface area contributed by atoms with Crippen molar-refractivity contribution in [1.29, 1.82) is 0 Å². The van der Waals surface area contributed by atoms with E-state index >= 15 is 0 Å². The van der Waals surface area contributed by atoms with E-state index in [4.69, 9.17) is 9.47 Å². The highest BCUT2D eigenvalue weighted by atomic mass is 19.4.